The van der Waals surface area contributed by atoms with Crippen molar-refractivity contribution in [2.75, 3.05) is 0 Å². The van der Waals surface area contributed by atoms with Gasteiger partial charge in [-0.3, -0.25) is 5.10 Å². The van der Waals surface area contributed by atoms with Gasteiger partial charge in [0.2, 0.25) is 5.67 Å². The van der Waals surface area contributed by atoms with E-state index in [1.54, 1.807) is 24.5 Å². The van der Waals surface area contributed by atoms with Gasteiger partial charge in [0.15, 0.2) is 17.5 Å². The highest BCUT2D eigenvalue weighted by atomic mass is 19.2. The third-order valence-electron chi connectivity index (χ3n) is 7.22. The Morgan fingerprint density at radius 1 is 1.31 bits per heavy atom. The number of carbonyl (C=O) groups is 1. The lowest BCUT2D eigenvalue weighted by Gasteiger charge is -2.28. The molecule has 2 aromatic carbocycles. The van der Waals surface area contributed by atoms with E-state index in [0.29, 0.717) is 22.2 Å². The highest BCUT2D eigenvalue weighted by Gasteiger charge is 2.49. The normalized spacial score (nSPS) is 20.3. The number of hydrogen-bond donors (Lipinski definition) is 2. The lowest BCUT2D eigenvalue weighted by molar-refractivity contribution is -0.150. The van der Waals surface area contributed by atoms with Crippen molar-refractivity contribution in [1.82, 2.24) is 14.8 Å². The van der Waals surface area contributed by atoms with Crippen LogP contribution in [-0.2, 0) is 10.2 Å². The predicted octanol–water partition coefficient (Wildman–Crippen LogP) is 6.18. The zero-order chi connectivity index (χ0) is 26.0. The summed E-state index contributed by atoms with van der Waals surface area (Å²) in [5, 5.41) is 26.1. The zero-order valence-electron chi connectivity index (χ0n) is 19.5. The molecule has 186 valence electrons. The Bertz CT molecular complexity index is 1580. The Hall–Kier alpha value is -3.87. The first kappa shape index (κ1) is 23.9. The molecular weight excluding hydrogens is 476 g/mol. The summed E-state index contributed by atoms with van der Waals surface area (Å²) in [4.78, 5) is 11.7. The number of fused-ring (bicyclic) bond motifs is 2. The molecule has 1 aliphatic rings. The first-order valence-electron chi connectivity index (χ1n) is 11.4. The lowest BCUT2D eigenvalue weighted by Crippen LogP contribution is -2.30. The molecule has 2 aromatic heterocycles. The highest BCUT2D eigenvalue weighted by Crippen LogP contribution is 2.51. The van der Waals surface area contributed by atoms with Crippen LogP contribution in [0.5, 0.6) is 0 Å². The fraction of sp³-hybridized carbons (Fsp3) is 0.346. The minimum Gasteiger partial charge on any atom is -0.479 e. The summed E-state index contributed by atoms with van der Waals surface area (Å²) in [5.41, 5.74) is -2.04. The minimum absolute atomic E-state index is 0.0204. The summed E-state index contributed by atoms with van der Waals surface area (Å²) in [7, 11) is 0. The Labute approximate surface area is 203 Å². The van der Waals surface area contributed by atoms with E-state index < -0.39 is 40.4 Å². The van der Waals surface area contributed by atoms with Crippen molar-refractivity contribution in [3.05, 3.63) is 59.2 Å². The number of halogens is 4. The smallest absolute Gasteiger partial charge is 0.341 e. The molecule has 0 amide bonds. The summed E-state index contributed by atoms with van der Waals surface area (Å²) < 4.78 is 61.1. The van der Waals surface area contributed by atoms with Crippen molar-refractivity contribution in [2.45, 2.75) is 56.5 Å². The second-order valence-corrected chi connectivity index (χ2v) is 10.0. The molecule has 0 saturated heterocycles. The van der Waals surface area contributed by atoms with Gasteiger partial charge in [0.25, 0.3) is 0 Å². The number of hydrogen-bond acceptors (Lipinski definition) is 3. The summed E-state index contributed by atoms with van der Waals surface area (Å²) >= 11 is 0. The van der Waals surface area contributed by atoms with Crippen LogP contribution in [0.4, 0.5) is 17.6 Å². The van der Waals surface area contributed by atoms with Gasteiger partial charge in [-0.1, -0.05) is 13.8 Å². The third-order valence-corrected chi connectivity index (χ3v) is 7.22. The Morgan fingerprint density at radius 2 is 2.06 bits per heavy atom. The number of rotatable bonds is 5. The second kappa shape index (κ2) is 8.08. The van der Waals surface area contributed by atoms with E-state index in [1.165, 1.54) is 12.3 Å². The average Bonchev–Trinajstić information content (AvgIpc) is 3.52. The molecule has 0 bridgehead atoms. The quantitative estimate of drug-likeness (QED) is 0.322. The molecule has 0 unspecified atom stereocenters. The molecular formula is C26H22F4N4O2. The lowest BCUT2D eigenvalue weighted by atomic mass is 9.79. The van der Waals surface area contributed by atoms with E-state index in [-0.39, 0.29) is 42.3 Å². The zero-order valence-corrected chi connectivity index (χ0v) is 19.5. The Morgan fingerprint density at radius 3 is 2.69 bits per heavy atom. The molecule has 1 aliphatic carbocycles. The molecule has 0 spiro atoms. The largest absolute Gasteiger partial charge is 0.479 e. The Kier molecular flexibility index (Phi) is 5.36. The number of benzene rings is 2. The number of nitrogens with one attached hydrogen (secondary N) is 1. The van der Waals surface area contributed by atoms with Crippen LogP contribution >= 0.6 is 0 Å². The van der Waals surface area contributed by atoms with Crippen LogP contribution in [0.15, 0.2) is 30.5 Å². The van der Waals surface area contributed by atoms with Crippen molar-refractivity contribution < 1.29 is 27.5 Å². The van der Waals surface area contributed by atoms with Gasteiger partial charge in [-0.2, -0.15) is 10.4 Å². The van der Waals surface area contributed by atoms with E-state index in [1.807, 2.05) is 0 Å². The number of H-pyrrole nitrogens is 1. The number of aromatic nitrogens is 3. The van der Waals surface area contributed by atoms with Crippen LogP contribution < -0.4 is 0 Å². The number of carboxylic acids is 1. The first-order valence-corrected chi connectivity index (χ1v) is 11.4. The molecule has 6 nitrogen and oxygen atoms in total. The SMILES string of the molecule is CC(C)(CC#N)c1c([C@@H]2CC[C@@](F)(C(=O)O)C2)c2c(F)c3[nH]ncc3cc2n1-c1ccc(F)c(F)c1. The monoisotopic (exact) mass is 498 g/mol. The van der Waals surface area contributed by atoms with E-state index >= 15 is 8.78 Å². The summed E-state index contributed by atoms with van der Waals surface area (Å²) in [6, 6.07) is 7.04. The van der Waals surface area contributed by atoms with Crippen molar-refractivity contribution in [1.29, 1.82) is 5.26 Å². The van der Waals surface area contributed by atoms with Crippen LogP contribution in [-0.4, -0.2) is 31.5 Å². The number of nitriles is 1. The second-order valence-electron chi connectivity index (χ2n) is 10.0. The van der Waals surface area contributed by atoms with Gasteiger partial charge in [-0.05, 0) is 48.9 Å². The van der Waals surface area contributed by atoms with Gasteiger partial charge >= 0.3 is 5.97 Å². The molecule has 0 aliphatic heterocycles. The Balaban J connectivity index is 1.94. The van der Waals surface area contributed by atoms with Gasteiger partial charge in [-0.25, -0.2) is 22.4 Å². The van der Waals surface area contributed by atoms with Crippen molar-refractivity contribution >= 4 is 27.8 Å². The molecule has 2 N–H and O–H groups in total. The number of carboxylic acid groups (broad SMARTS) is 1. The van der Waals surface area contributed by atoms with E-state index in [4.69, 9.17) is 0 Å². The molecule has 2 heterocycles. The van der Waals surface area contributed by atoms with Crippen LogP contribution in [0, 0.1) is 28.8 Å². The standard InChI is InChI=1S/C26H22F4N4O2/c1-25(2,7-8-31)23-19(13-5-6-26(30,11-13)24(35)36)20-18(9-14-12-32-33-22(14)21(20)29)34(23)15-3-4-16(27)17(28)10-15/h3-4,9-10,12-13H,5-7,11H2,1-2H3,(H,32,33)(H,35,36)/t13-,26+/m1/s1. The highest BCUT2D eigenvalue weighted by molar-refractivity contribution is 6.00. The average molecular weight is 498 g/mol. The molecule has 36 heavy (non-hydrogen) atoms. The van der Waals surface area contributed by atoms with Gasteiger partial charge in [0.1, 0.15) is 5.52 Å². The number of alkyl halides is 1. The van der Waals surface area contributed by atoms with E-state index in [2.05, 4.69) is 16.3 Å². The van der Waals surface area contributed by atoms with Crippen LogP contribution in [0.2, 0.25) is 0 Å². The van der Waals surface area contributed by atoms with E-state index in [0.717, 1.165) is 12.1 Å². The summed E-state index contributed by atoms with van der Waals surface area (Å²) in [5.74, 6) is -5.11. The number of nitrogens with zero attached hydrogens (tertiary/aromatic N) is 3. The number of aliphatic carboxylic acids is 1. The molecule has 2 atom stereocenters. The fourth-order valence-electron chi connectivity index (χ4n) is 5.51. The maximum absolute atomic E-state index is 16.1. The predicted molar refractivity (Wildman–Crippen MR) is 124 cm³/mol. The van der Waals surface area contributed by atoms with Crippen LogP contribution in [0.25, 0.3) is 27.5 Å². The van der Waals surface area contributed by atoms with Crippen molar-refractivity contribution in [3.8, 4) is 11.8 Å². The molecule has 1 saturated carbocycles. The topological polar surface area (TPSA) is 94.7 Å². The molecule has 0 radical (unpaired) electrons. The van der Waals surface area contributed by atoms with Gasteiger partial charge < -0.3 is 9.67 Å². The minimum atomic E-state index is -2.48. The van der Waals surface area contributed by atoms with Crippen LogP contribution in [0.1, 0.15) is 56.7 Å². The van der Waals surface area contributed by atoms with Gasteiger partial charge in [-0.15, -0.1) is 0 Å². The van der Waals surface area contributed by atoms with Crippen molar-refractivity contribution in [3.63, 3.8) is 0 Å². The summed E-state index contributed by atoms with van der Waals surface area (Å²) in [6.07, 6.45) is 0.905. The summed E-state index contributed by atoms with van der Waals surface area (Å²) in [6.45, 7) is 3.51. The molecule has 4 aromatic rings. The molecule has 10 heteroatoms. The first-order chi connectivity index (χ1) is 17.0. The maximum Gasteiger partial charge on any atom is 0.341 e. The molecule has 5 rings (SSSR count). The number of aromatic amines is 1. The van der Waals surface area contributed by atoms with E-state index in [9.17, 15) is 23.9 Å². The third kappa shape index (κ3) is 3.45. The van der Waals surface area contributed by atoms with Crippen molar-refractivity contribution in [2.24, 2.45) is 0 Å². The van der Waals surface area contributed by atoms with Gasteiger partial charge in [0.05, 0.1) is 17.8 Å². The van der Waals surface area contributed by atoms with Gasteiger partial charge in [0, 0.05) is 40.1 Å². The van der Waals surface area contributed by atoms with Crippen LogP contribution in [0.3, 0.4) is 0 Å². The maximum atomic E-state index is 16.1. The molecule has 1 fully saturated rings. The fourth-order valence-corrected chi connectivity index (χ4v) is 5.51.